The third-order valence-corrected chi connectivity index (χ3v) is 8.86. The van der Waals surface area contributed by atoms with E-state index < -0.39 is 12.0 Å². The Hall–Kier alpha value is -4.63. The summed E-state index contributed by atoms with van der Waals surface area (Å²) in [6, 6.07) is 28.5. The fourth-order valence-electron chi connectivity index (χ4n) is 5.24. The normalized spacial score (nSPS) is 14.4. The van der Waals surface area contributed by atoms with E-state index in [2.05, 4.69) is 0 Å². The molecule has 0 fully saturated rings. The maximum atomic E-state index is 14.3. The van der Waals surface area contributed by atoms with E-state index >= 15 is 0 Å². The van der Waals surface area contributed by atoms with Crippen molar-refractivity contribution >= 4 is 52.3 Å². The zero-order valence-electron chi connectivity index (χ0n) is 24.9. The number of thiazole rings is 1. The van der Waals surface area contributed by atoms with E-state index in [1.165, 1.54) is 11.3 Å². The summed E-state index contributed by atoms with van der Waals surface area (Å²) in [6.07, 6.45) is 1.76. The molecule has 0 radical (unpaired) electrons. The van der Waals surface area contributed by atoms with Gasteiger partial charge >= 0.3 is 5.97 Å². The highest BCUT2D eigenvalue weighted by Crippen LogP contribution is 2.36. The molecule has 0 saturated heterocycles. The molecule has 0 saturated carbocycles. The number of para-hydroxylation sites is 1. The van der Waals surface area contributed by atoms with Crippen LogP contribution in [0, 0.1) is 0 Å². The molecular weight excluding hydrogens is 643 g/mol. The Kier molecular flexibility index (Phi) is 9.40. The van der Waals surface area contributed by atoms with E-state index in [1.54, 1.807) is 55.0 Å². The van der Waals surface area contributed by atoms with Gasteiger partial charge in [-0.05, 0) is 54.5 Å². The maximum Gasteiger partial charge on any atom is 0.338 e. The fraction of sp³-hybridized carbons (Fsp3) is 0.139. The lowest BCUT2D eigenvalue weighted by atomic mass is 9.93. The second-order valence-electron chi connectivity index (χ2n) is 10.3. The lowest BCUT2D eigenvalue weighted by molar-refractivity contribution is -0.138. The van der Waals surface area contributed by atoms with Crippen molar-refractivity contribution in [1.82, 2.24) is 4.57 Å². The van der Waals surface area contributed by atoms with Crippen LogP contribution in [0.25, 0.3) is 11.8 Å². The molecule has 1 atom stereocenters. The van der Waals surface area contributed by atoms with Crippen LogP contribution in [0.5, 0.6) is 11.5 Å². The molecule has 0 N–H and O–H groups in total. The molecule has 10 heteroatoms. The molecule has 5 aromatic rings. The Balaban J connectivity index is 1.54. The van der Waals surface area contributed by atoms with Gasteiger partial charge in [-0.1, -0.05) is 101 Å². The molecular formula is C36H28Cl2N2O5S. The van der Waals surface area contributed by atoms with Gasteiger partial charge in [0.05, 0.1) is 35.6 Å². The fourth-order valence-corrected chi connectivity index (χ4v) is 6.48. The molecule has 0 aliphatic carbocycles. The van der Waals surface area contributed by atoms with Crippen LogP contribution in [-0.2, 0) is 16.1 Å². The van der Waals surface area contributed by atoms with Crippen molar-refractivity contribution < 1.29 is 19.0 Å². The Morgan fingerprint density at radius 1 is 0.935 bits per heavy atom. The number of aromatic nitrogens is 1. The highest BCUT2D eigenvalue weighted by molar-refractivity contribution is 7.07. The molecule has 2 heterocycles. The summed E-state index contributed by atoms with van der Waals surface area (Å²) in [4.78, 5) is 33.3. The zero-order valence-corrected chi connectivity index (χ0v) is 27.2. The van der Waals surface area contributed by atoms with Crippen LogP contribution in [-0.4, -0.2) is 24.3 Å². The number of carbonyl (C=O) groups excluding carboxylic acids is 1. The van der Waals surface area contributed by atoms with Crippen molar-refractivity contribution in [1.29, 1.82) is 0 Å². The third-order valence-electron chi connectivity index (χ3n) is 7.37. The molecule has 0 amide bonds. The molecule has 0 spiro atoms. The Bertz CT molecular complexity index is 2110. The molecule has 7 nitrogen and oxygen atoms in total. The zero-order chi connectivity index (χ0) is 32.2. The monoisotopic (exact) mass is 670 g/mol. The number of ether oxygens (including phenoxy) is 3. The SMILES string of the molecule is CCOC(=O)C1=C(c2ccccc2)N=c2s/c(=C\c3cccc(OC)c3OCc3ccc(Cl)cc3)c(=O)n2[C@@H]1c1ccc(Cl)cc1. The van der Waals surface area contributed by atoms with E-state index in [1.807, 2.05) is 66.7 Å². The van der Waals surface area contributed by atoms with Gasteiger partial charge in [0.15, 0.2) is 16.3 Å². The number of nitrogens with zero attached hydrogens (tertiary/aromatic N) is 2. The first-order chi connectivity index (χ1) is 22.4. The van der Waals surface area contributed by atoms with Gasteiger partial charge in [0.1, 0.15) is 6.61 Å². The molecule has 1 aliphatic heterocycles. The van der Waals surface area contributed by atoms with E-state index in [4.69, 9.17) is 42.4 Å². The largest absolute Gasteiger partial charge is 0.493 e. The van der Waals surface area contributed by atoms with E-state index in [-0.39, 0.29) is 24.3 Å². The summed E-state index contributed by atoms with van der Waals surface area (Å²) in [5.41, 5.74) is 3.38. The van der Waals surface area contributed by atoms with Crippen molar-refractivity contribution in [2.24, 2.45) is 4.99 Å². The van der Waals surface area contributed by atoms with Gasteiger partial charge in [0.25, 0.3) is 5.56 Å². The molecule has 6 rings (SSSR count). The molecule has 4 aromatic carbocycles. The number of fused-ring (bicyclic) bond motifs is 1. The van der Waals surface area contributed by atoms with Gasteiger partial charge < -0.3 is 14.2 Å². The second kappa shape index (κ2) is 13.8. The quantitative estimate of drug-likeness (QED) is 0.161. The van der Waals surface area contributed by atoms with Crippen molar-refractivity contribution in [2.75, 3.05) is 13.7 Å². The minimum atomic E-state index is -0.809. The van der Waals surface area contributed by atoms with Gasteiger partial charge in [-0.15, -0.1) is 0 Å². The number of hydrogen-bond donors (Lipinski definition) is 0. The van der Waals surface area contributed by atoms with Crippen LogP contribution in [0.1, 0.15) is 35.2 Å². The number of rotatable bonds is 9. The van der Waals surface area contributed by atoms with Crippen LogP contribution < -0.4 is 24.4 Å². The van der Waals surface area contributed by atoms with Crippen LogP contribution >= 0.6 is 34.5 Å². The summed E-state index contributed by atoms with van der Waals surface area (Å²) in [6.45, 7) is 2.17. The summed E-state index contributed by atoms with van der Waals surface area (Å²) >= 11 is 13.5. The molecule has 46 heavy (non-hydrogen) atoms. The van der Waals surface area contributed by atoms with Gasteiger partial charge in [-0.3, -0.25) is 9.36 Å². The predicted octanol–water partition coefficient (Wildman–Crippen LogP) is 6.83. The number of hydrogen-bond acceptors (Lipinski definition) is 7. The second-order valence-corrected chi connectivity index (χ2v) is 12.2. The van der Waals surface area contributed by atoms with Crippen LogP contribution in [0.2, 0.25) is 10.0 Å². The minimum absolute atomic E-state index is 0.163. The van der Waals surface area contributed by atoms with Crippen molar-refractivity contribution in [3.05, 3.63) is 155 Å². The standard InChI is InChI=1S/C36H28Cl2N2O5S/c1-3-44-35(42)30-31(23-8-5-4-6-9-23)39-36-40(32(30)24-14-18-27(38)19-15-24)34(41)29(46-36)20-25-10-7-11-28(43-2)33(25)45-21-22-12-16-26(37)17-13-22/h4-20,32H,3,21H2,1-2H3/b29-20-/t32-/m1/s1. The molecule has 1 aliphatic rings. The predicted molar refractivity (Wildman–Crippen MR) is 181 cm³/mol. The molecule has 232 valence electrons. The Labute approximate surface area is 279 Å². The summed E-state index contributed by atoms with van der Waals surface area (Å²) < 4.78 is 19.4. The smallest absolute Gasteiger partial charge is 0.338 e. The lowest BCUT2D eigenvalue weighted by Gasteiger charge is -2.26. The van der Waals surface area contributed by atoms with Crippen LogP contribution in [0.15, 0.2) is 112 Å². The number of methoxy groups -OCH3 is 1. The highest BCUT2D eigenvalue weighted by Gasteiger charge is 2.35. The summed E-state index contributed by atoms with van der Waals surface area (Å²) in [5.74, 6) is 0.452. The minimum Gasteiger partial charge on any atom is -0.493 e. The Morgan fingerprint density at radius 2 is 1.63 bits per heavy atom. The van der Waals surface area contributed by atoms with Crippen molar-refractivity contribution in [3.63, 3.8) is 0 Å². The number of halogens is 2. The van der Waals surface area contributed by atoms with E-state index in [0.29, 0.717) is 47.7 Å². The first kappa shape index (κ1) is 31.4. The average molecular weight is 672 g/mol. The summed E-state index contributed by atoms with van der Waals surface area (Å²) in [7, 11) is 1.57. The lowest BCUT2D eigenvalue weighted by Crippen LogP contribution is -2.40. The first-order valence-electron chi connectivity index (χ1n) is 14.5. The number of carbonyl (C=O) groups is 1. The van der Waals surface area contributed by atoms with Crippen LogP contribution in [0.4, 0.5) is 0 Å². The van der Waals surface area contributed by atoms with Gasteiger partial charge in [-0.25, -0.2) is 9.79 Å². The van der Waals surface area contributed by atoms with Crippen LogP contribution in [0.3, 0.4) is 0 Å². The van der Waals surface area contributed by atoms with Crippen molar-refractivity contribution in [3.8, 4) is 11.5 Å². The van der Waals surface area contributed by atoms with E-state index in [0.717, 1.165) is 11.1 Å². The molecule has 1 aromatic heterocycles. The van der Waals surface area contributed by atoms with Gasteiger partial charge in [-0.2, -0.15) is 0 Å². The Morgan fingerprint density at radius 3 is 2.30 bits per heavy atom. The topological polar surface area (TPSA) is 79.1 Å². The first-order valence-corrected chi connectivity index (χ1v) is 16.0. The molecule has 0 unspecified atom stereocenters. The molecule has 0 bridgehead atoms. The van der Waals surface area contributed by atoms with E-state index in [9.17, 15) is 9.59 Å². The number of esters is 1. The third kappa shape index (κ3) is 6.37. The maximum absolute atomic E-state index is 14.3. The highest BCUT2D eigenvalue weighted by atomic mass is 35.5. The average Bonchev–Trinajstić information content (AvgIpc) is 3.38. The summed E-state index contributed by atoms with van der Waals surface area (Å²) in [5, 5.41) is 1.17. The number of benzene rings is 4. The van der Waals surface area contributed by atoms with Gasteiger partial charge in [0, 0.05) is 21.2 Å². The van der Waals surface area contributed by atoms with Crippen molar-refractivity contribution in [2.45, 2.75) is 19.6 Å². The van der Waals surface area contributed by atoms with Gasteiger partial charge in [0.2, 0.25) is 0 Å².